The maximum Gasteiger partial charge on any atom is 0.255 e. The van der Waals surface area contributed by atoms with Gasteiger partial charge in [-0.1, -0.05) is 37.6 Å². The Morgan fingerprint density at radius 3 is 2.71 bits per heavy atom. The zero-order valence-corrected chi connectivity index (χ0v) is 16.0. The van der Waals surface area contributed by atoms with Crippen molar-refractivity contribution in [3.63, 3.8) is 0 Å². The molecule has 1 heterocycles. The van der Waals surface area contributed by atoms with E-state index in [-0.39, 0.29) is 11.8 Å². The Hall–Kier alpha value is -1.59. The average molecular weight is 364 g/mol. The molecule has 128 valence electrons. The van der Waals surface area contributed by atoms with Gasteiger partial charge in [0.05, 0.1) is 11.3 Å². The molecular formula is C18H22ClN3OS. The third kappa shape index (κ3) is 4.71. The van der Waals surface area contributed by atoms with Crippen molar-refractivity contribution in [2.75, 3.05) is 12.8 Å². The topological polar surface area (TPSA) is 54.9 Å². The molecule has 24 heavy (non-hydrogen) atoms. The number of nitrogens with one attached hydrogen (secondary N) is 1. The van der Waals surface area contributed by atoms with Gasteiger partial charge in [0, 0.05) is 17.5 Å². The smallest absolute Gasteiger partial charge is 0.255 e. The molecule has 0 saturated heterocycles. The van der Waals surface area contributed by atoms with Gasteiger partial charge in [0.1, 0.15) is 10.9 Å². The lowest BCUT2D eigenvalue weighted by Gasteiger charge is -2.13. The number of hydrogen-bond acceptors (Lipinski definition) is 4. The van der Waals surface area contributed by atoms with Crippen molar-refractivity contribution >= 4 is 29.3 Å². The SMILES string of the molecule is CSc1nc(C(C)C)nc(C)c1C(=O)NCCc1cccc(Cl)c1. The van der Waals surface area contributed by atoms with Gasteiger partial charge in [-0.2, -0.15) is 0 Å². The molecule has 0 unspecified atom stereocenters. The van der Waals surface area contributed by atoms with Crippen molar-refractivity contribution in [1.82, 2.24) is 15.3 Å². The molecule has 0 saturated carbocycles. The second-order valence-corrected chi connectivity index (χ2v) is 7.07. The Morgan fingerprint density at radius 2 is 2.08 bits per heavy atom. The number of halogens is 1. The Morgan fingerprint density at radius 1 is 1.33 bits per heavy atom. The second kappa shape index (κ2) is 8.49. The van der Waals surface area contributed by atoms with Crippen LogP contribution in [0.25, 0.3) is 0 Å². The van der Waals surface area contributed by atoms with Crippen LogP contribution in [0.2, 0.25) is 5.02 Å². The fourth-order valence-electron chi connectivity index (χ4n) is 2.34. The Balaban J connectivity index is 2.09. The molecule has 2 aromatic rings. The number of aromatic nitrogens is 2. The summed E-state index contributed by atoms with van der Waals surface area (Å²) in [5.41, 5.74) is 2.38. The standard InChI is InChI=1S/C18H22ClN3OS/c1-11(2)16-21-12(3)15(18(22-16)24-4)17(23)20-9-8-13-6-5-7-14(19)10-13/h5-7,10-11H,8-9H2,1-4H3,(H,20,23). The van der Waals surface area contributed by atoms with E-state index in [1.165, 1.54) is 11.8 Å². The molecule has 0 aliphatic rings. The maximum absolute atomic E-state index is 12.6. The summed E-state index contributed by atoms with van der Waals surface area (Å²) < 4.78 is 0. The van der Waals surface area contributed by atoms with Gasteiger partial charge in [0.15, 0.2) is 0 Å². The molecule has 0 spiro atoms. The minimum atomic E-state index is -0.130. The van der Waals surface area contributed by atoms with Gasteiger partial charge in [0.2, 0.25) is 0 Å². The van der Waals surface area contributed by atoms with E-state index in [9.17, 15) is 4.79 Å². The summed E-state index contributed by atoms with van der Waals surface area (Å²) >= 11 is 7.45. The number of aryl methyl sites for hydroxylation is 1. The quantitative estimate of drug-likeness (QED) is 0.615. The van der Waals surface area contributed by atoms with E-state index in [2.05, 4.69) is 15.3 Å². The summed E-state index contributed by atoms with van der Waals surface area (Å²) in [6, 6.07) is 7.66. The van der Waals surface area contributed by atoms with Crippen molar-refractivity contribution in [1.29, 1.82) is 0 Å². The monoisotopic (exact) mass is 363 g/mol. The largest absolute Gasteiger partial charge is 0.352 e. The van der Waals surface area contributed by atoms with Gasteiger partial charge in [0.25, 0.3) is 5.91 Å². The van der Waals surface area contributed by atoms with Crippen molar-refractivity contribution in [2.24, 2.45) is 0 Å². The molecule has 6 heteroatoms. The number of nitrogens with zero attached hydrogens (tertiary/aromatic N) is 2. The summed E-state index contributed by atoms with van der Waals surface area (Å²) in [5.74, 6) is 0.871. The molecule has 0 radical (unpaired) electrons. The lowest BCUT2D eigenvalue weighted by atomic mass is 10.1. The number of rotatable bonds is 6. The summed E-state index contributed by atoms with van der Waals surface area (Å²) in [5, 5.41) is 4.39. The van der Waals surface area contributed by atoms with Crippen LogP contribution in [0, 0.1) is 6.92 Å². The molecule has 0 bridgehead atoms. The van der Waals surface area contributed by atoms with E-state index in [0.717, 1.165) is 28.5 Å². The fraction of sp³-hybridized carbons (Fsp3) is 0.389. The Labute approximate surface area is 152 Å². The first-order chi connectivity index (χ1) is 11.4. The maximum atomic E-state index is 12.6. The van der Waals surface area contributed by atoms with Crippen LogP contribution in [0.5, 0.6) is 0 Å². The van der Waals surface area contributed by atoms with Crippen LogP contribution < -0.4 is 5.32 Å². The van der Waals surface area contributed by atoms with Gasteiger partial charge < -0.3 is 5.32 Å². The summed E-state index contributed by atoms with van der Waals surface area (Å²) in [6.07, 6.45) is 2.65. The van der Waals surface area contributed by atoms with Gasteiger partial charge in [-0.3, -0.25) is 4.79 Å². The zero-order valence-electron chi connectivity index (χ0n) is 14.4. The molecule has 0 atom stereocenters. The van der Waals surface area contributed by atoms with Crippen LogP contribution in [-0.2, 0) is 6.42 Å². The molecule has 0 aliphatic carbocycles. The zero-order chi connectivity index (χ0) is 17.7. The first-order valence-electron chi connectivity index (χ1n) is 7.87. The summed E-state index contributed by atoms with van der Waals surface area (Å²) in [4.78, 5) is 21.6. The normalized spacial score (nSPS) is 10.9. The lowest BCUT2D eigenvalue weighted by molar-refractivity contribution is 0.0949. The van der Waals surface area contributed by atoms with Crippen LogP contribution in [0.4, 0.5) is 0 Å². The number of carbonyl (C=O) groups excluding carboxylic acids is 1. The van der Waals surface area contributed by atoms with E-state index in [1.54, 1.807) is 0 Å². The molecule has 1 N–H and O–H groups in total. The first kappa shape index (κ1) is 18.7. The van der Waals surface area contributed by atoms with Gasteiger partial charge >= 0.3 is 0 Å². The number of hydrogen-bond donors (Lipinski definition) is 1. The van der Waals surface area contributed by atoms with E-state index >= 15 is 0 Å². The number of thioether (sulfide) groups is 1. The number of carbonyl (C=O) groups is 1. The van der Waals surface area contributed by atoms with Crippen LogP contribution in [0.3, 0.4) is 0 Å². The highest BCUT2D eigenvalue weighted by Crippen LogP contribution is 2.23. The molecule has 1 aromatic carbocycles. The summed E-state index contributed by atoms with van der Waals surface area (Å²) in [6.45, 7) is 6.49. The molecule has 2 rings (SSSR count). The highest BCUT2D eigenvalue weighted by molar-refractivity contribution is 7.98. The van der Waals surface area contributed by atoms with Crippen LogP contribution in [0.1, 0.15) is 47.2 Å². The molecular weight excluding hydrogens is 342 g/mol. The van der Waals surface area contributed by atoms with E-state index in [0.29, 0.717) is 17.1 Å². The Bertz CT molecular complexity index is 734. The third-order valence-corrected chi connectivity index (χ3v) is 4.52. The number of benzene rings is 1. The van der Waals surface area contributed by atoms with Crippen molar-refractivity contribution < 1.29 is 4.79 Å². The first-order valence-corrected chi connectivity index (χ1v) is 9.47. The highest BCUT2D eigenvalue weighted by Gasteiger charge is 2.19. The Kier molecular flexibility index (Phi) is 6.63. The second-order valence-electron chi connectivity index (χ2n) is 5.84. The molecule has 1 amide bonds. The predicted molar refractivity (Wildman–Crippen MR) is 100 cm³/mol. The minimum absolute atomic E-state index is 0.130. The predicted octanol–water partition coefficient (Wildman–Crippen LogP) is 4.26. The molecule has 0 aliphatic heterocycles. The third-order valence-electron chi connectivity index (χ3n) is 3.60. The van der Waals surface area contributed by atoms with Crippen molar-refractivity contribution in [3.05, 3.63) is 51.9 Å². The molecule has 1 aromatic heterocycles. The van der Waals surface area contributed by atoms with Crippen LogP contribution >= 0.6 is 23.4 Å². The van der Waals surface area contributed by atoms with Gasteiger partial charge in [-0.25, -0.2) is 9.97 Å². The molecule has 0 fully saturated rings. The van der Waals surface area contributed by atoms with Crippen LogP contribution in [0.15, 0.2) is 29.3 Å². The molecule has 4 nitrogen and oxygen atoms in total. The number of amides is 1. The average Bonchev–Trinajstić information content (AvgIpc) is 2.53. The minimum Gasteiger partial charge on any atom is -0.352 e. The fourth-order valence-corrected chi connectivity index (χ4v) is 3.18. The van der Waals surface area contributed by atoms with Gasteiger partial charge in [-0.05, 0) is 37.3 Å². The van der Waals surface area contributed by atoms with Crippen molar-refractivity contribution in [2.45, 2.75) is 38.1 Å². The summed E-state index contributed by atoms with van der Waals surface area (Å²) in [7, 11) is 0. The van der Waals surface area contributed by atoms with E-state index < -0.39 is 0 Å². The van der Waals surface area contributed by atoms with Crippen molar-refractivity contribution in [3.8, 4) is 0 Å². The van der Waals surface area contributed by atoms with E-state index in [4.69, 9.17) is 11.6 Å². The van der Waals surface area contributed by atoms with E-state index in [1.807, 2.05) is 51.3 Å². The lowest BCUT2D eigenvalue weighted by Crippen LogP contribution is -2.28. The van der Waals surface area contributed by atoms with Gasteiger partial charge in [-0.15, -0.1) is 11.8 Å². The highest BCUT2D eigenvalue weighted by atomic mass is 35.5. The van der Waals surface area contributed by atoms with Crippen LogP contribution in [-0.4, -0.2) is 28.7 Å².